The number of rotatable bonds is 7. The van der Waals surface area contributed by atoms with Crippen LogP contribution < -0.4 is 5.32 Å². The van der Waals surface area contributed by atoms with Crippen LogP contribution >= 0.6 is 11.3 Å². The number of carboxylic acids is 1. The van der Waals surface area contributed by atoms with Crippen LogP contribution in [0.1, 0.15) is 31.2 Å². The predicted octanol–water partition coefficient (Wildman–Crippen LogP) is 1.40. The highest BCUT2D eigenvalue weighted by atomic mass is 32.1. The minimum Gasteiger partial charge on any atom is -0.480 e. The first-order valence-electron chi connectivity index (χ1n) is 9.16. The number of nitrogens with zero attached hydrogens (tertiary/aromatic N) is 2. The van der Waals surface area contributed by atoms with Crippen molar-refractivity contribution in [1.29, 1.82) is 0 Å². The second-order valence-corrected chi connectivity index (χ2v) is 8.02. The Morgan fingerprint density at radius 1 is 1.38 bits per heavy atom. The third-order valence-corrected chi connectivity index (χ3v) is 6.34. The number of thiophene rings is 1. The third-order valence-electron chi connectivity index (χ3n) is 5.64. The fourth-order valence-electron chi connectivity index (χ4n) is 4.03. The number of likely N-dealkylation sites (N-methyl/N-ethyl adjacent to an activating group) is 1. The summed E-state index contributed by atoms with van der Waals surface area (Å²) in [5.74, 6) is -0.543. The molecule has 1 saturated heterocycles. The Kier molecular flexibility index (Phi) is 6.16. The highest BCUT2D eigenvalue weighted by Crippen LogP contribution is 2.34. The number of carbonyl (C=O) groups excluding carboxylic acids is 1. The molecule has 2 atom stereocenters. The van der Waals surface area contributed by atoms with Gasteiger partial charge in [0.15, 0.2) is 0 Å². The Morgan fingerprint density at radius 3 is 2.73 bits per heavy atom. The predicted molar refractivity (Wildman–Crippen MR) is 99.4 cm³/mol. The normalized spacial score (nSPS) is 28.2. The second kappa shape index (κ2) is 8.37. The van der Waals surface area contributed by atoms with E-state index in [1.807, 2.05) is 17.2 Å². The van der Waals surface area contributed by atoms with Crippen molar-refractivity contribution in [2.45, 2.75) is 37.8 Å². The molecule has 2 heterocycles. The summed E-state index contributed by atoms with van der Waals surface area (Å²) in [6.45, 7) is 3.98. The van der Waals surface area contributed by atoms with Crippen molar-refractivity contribution in [1.82, 2.24) is 15.1 Å². The average Bonchev–Trinajstić information content (AvgIpc) is 3.23. The fraction of sp³-hybridized carbons (Fsp3) is 0.667. The Morgan fingerprint density at radius 2 is 2.15 bits per heavy atom. The van der Waals surface area contributed by atoms with Gasteiger partial charge in [-0.05, 0) is 41.8 Å². The van der Waals surface area contributed by atoms with Crippen LogP contribution in [0, 0.1) is 5.92 Å². The molecule has 3 rings (SSSR count). The van der Waals surface area contributed by atoms with Gasteiger partial charge in [0.05, 0.1) is 6.54 Å². The van der Waals surface area contributed by atoms with E-state index in [1.165, 1.54) is 5.56 Å². The van der Waals surface area contributed by atoms with Crippen LogP contribution in [0.5, 0.6) is 0 Å². The molecule has 0 bridgehead atoms. The van der Waals surface area contributed by atoms with Crippen LogP contribution in [0.4, 0.5) is 4.79 Å². The molecule has 1 aliphatic carbocycles. The zero-order chi connectivity index (χ0) is 18.7. The first-order valence-corrected chi connectivity index (χ1v) is 10.1. The lowest BCUT2D eigenvalue weighted by Gasteiger charge is -2.42. The van der Waals surface area contributed by atoms with E-state index < -0.39 is 5.97 Å². The minimum absolute atomic E-state index is 0.0501. The topological polar surface area (TPSA) is 93.1 Å². The van der Waals surface area contributed by atoms with Gasteiger partial charge in [0.1, 0.15) is 0 Å². The molecule has 144 valence electrons. The van der Waals surface area contributed by atoms with E-state index >= 15 is 0 Å². The summed E-state index contributed by atoms with van der Waals surface area (Å²) < 4.78 is 0. The maximum Gasteiger partial charge on any atom is 0.317 e. The van der Waals surface area contributed by atoms with E-state index in [1.54, 1.807) is 16.2 Å². The van der Waals surface area contributed by atoms with Crippen molar-refractivity contribution in [3.8, 4) is 0 Å². The summed E-state index contributed by atoms with van der Waals surface area (Å²) >= 11 is 1.63. The van der Waals surface area contributed by atoms with Crippen molar-refractivity contribution < 1.29 is 19.8 Å². The number of aliphatic hydroxyl groups is 1. The zero-order valence-electron chi connectivity index (χ0n) is 15.0. The number of carboxylic acid groups (broad SMARTS) is 1. The molecule has 0 spiro atoms. The number of urea groups is 1. The van der Waals surface area contributed by atoms with Gasteiger partial charge < -0.3 is 20.4 Å². The lowest BCUT2D eigenvalue weighted by molar-refractivity contribution is -0.139. The molecule has 2 fully saturated rings. The Hall–Kier alpha value is -1.64. The van der Waals surface area contributed by atoms with Gasteiger partial charge in [-0.25, -0.2) is 4.79 Å². The molecule has 1 aromatic rings. The first kappa shape index (κ1) is 19.1. The molecule has 1 saturated carbocycles. The highest BCUT2D eigenvalue weighted by Gasteiger charge is 2.39. The van der Waals surface area contributed by atoms with Gasteiger partial charge in [-0.2, -0.15) is 11.3 Å². The highest BCUT2D eigenvalue weighted by molar-refractivity contribution is 7.08. The molecule has 0 aromatic carbocycles. The molecule has 3 N–H and O–H groups in total. The summed E-state index contributed by atoms with van der Waals surface area (Å²) in [4.78, 5) is 27.2. The van der Waals surface area contributed by atoms with E-state index in [9.17, 15) is 14.7 Å². The molecular weight excluding hydrogens is 354 g/mol. The summed E-state index contributed by atoms with van der Waals surface area (Å²) in [7, 11) is 0. The van der Waals surface area contributed by atoms with Gasteiger partial charge in [-0.15, -0.1) is 0 Å². The molecule has 0 unspecified atom stereocenters. The number of aliphatic hydroxyl groups excluding tert-OH is 1. The summed E-state index contributed by atoms with van der Waals surface area (Å²) in [5.41, 5.74) is 1.19. The van der Waals surface area contributed by atoms with E-state index in [2.05, 4.69) is 16.8 Å². The summed E-state index contributed by atoms with van der Waals surface area (Å²) in [5, 5.41) is 25.8. The molecule has 8 heteroatoms. The van der Waals surface area contributed by atoms with Crippen molar-refractivity contribution in [2.24, 2.45) is 5.92 Å². The van der Waals surface area contributed by atoms with Gasteiger partial charge in [-0.1, -0.05) is 6.92 Å². The molecule has 2 amide bonds. The molecule has 1 aromatic heterocycles. The number of aliphatic carboxylic acids is 1. The van der Waals surface area contributed by atoms with Crippen molar-refractivity contribution in [3.05, 3.63) is 22.4 Å². The maximum atomic E-state index is 12.6. The maximum absolute atomic E-state index is 12.6. The molecule has 0 radical (unpaired) electrons. The minimum atomic E-state index is -0.814. The number of likely N-dealkylation sites (tertiary alicyclic amines) is 1. The van der Waals surface area contributed by atoms with Crippen LogP contribution in [0.15, 0.2) is 16.8 Å². The SMILES string of the molecule is CCN(CC(=O)O)C1CC(NC(=O)N2C[C@@H](CO)[C@H](c3ccsc3)C2)C1. The molecular formula is C18H27N3O4S. The number of hydrogen-bond donors (Lipinski definition) is 3. The van der Waals surface area contributed by atoms with Gasteiger partial charge in [0.2, 0.25) is 0 Å². The number of carbonyl (C=O) groups is 2. The lowest BCUT2D eigenvalue weighted by atomic mass is 9.85. The standard InChI is InChI=1S/C18H27N3O4S/c1-2-20(9-17(23)24)15-5-14(6-15)19-18(25)21-7-13(10-22)16(8-21)12-3-4-26-11-12/h3-4,11,13-16,22H,2,5-10H2,1H3,(H,19,25)(H,23,24)/t13-,14?,15?,16-/m0/s1. The lowest BCUT2D eigenvalue weighted by Crippen LogP contribution is -2.56. The smallest absolute Gasteiger partial charge is 0.317 e. The van der Waals surface area contributed by atoms with E-state index in [0.29, 0.717) is 19.6 Å². The monoisotopic (exact) mass is 381 g/mol. The van der Waals surface area contributed by atoms with Crippen LogP contribution in [0.25, 0.3) is 0 Å². The number of amides is 2. The molecule has 7 nitrogen and oxygen atoms in total. The molecule has 1 aliphatic heterocycles. The van der Waals surface area contributed by atoms with E-state index in [0.717, 1.165) is 12.8 Å². The first-order chi connectivity index (χ1) is 12.5. The van der Waals surface area contributed by atoms with Crippen LogP contribution in [-0.4, -0.2) is 76.9 Å². The van der Waals surface area contributed by atoms with Gasteiger partial charge in [-0.3, -0.25) is 9.69 Å². The number of hydrogen-bond acceptors (Lipinski definition) is 5. The van der Waals surface area contributed by atoms with Gasteiger partial charge in [0.25, 0.3) is 0 Å². The quantitative estimate of drug-likeness (QED) is 0.664. The average molecular weight is 381 g/mol. The largest absolute Gasteiger partial charge is 0.480 e. The van der Waals surface area contributed by atoms with E-state index in [-0.39, 0.29) is 43.1 Å². The zero-order valence-corrected chi connectivity index (χ0v) is 15.8. The van der Waals surface area contributed by atoms with E-state index in [4.69, 9.17) is 5.11 Å². The Balaban J connectivity index is 1.48. The molecule has 2 aliphatic rings. The third kappa shape index (κ3) is 4.19. The fourth-order valence-corrected chi connectivity index (χ4v) is 4.75. The van der Waals surface area contributed by atoms with Crippen LogP contribution in [0.2, 0.25) is 0 Å². The summed E-state index contributed by atoms with van der Waals surface area (Å²) in [6, 6.07) is 2.32. The summed E-state index contributed by atoms with van der Waals surface area (Å²) in [6.07, 6.45) is 1.58. The van der Waals surface area contributed by atoms with Gasteiger partial charge in [0, 0.05) is 43.6 Å². The molecule has 26 heavy (non-hydrogen) atoms. The Labute approximate surface area is 157 Å². The van der Waals surface area contributed by atoms with Crippen molar-refractivity contribution >= 4 is 23.3 Å². The van der Waals surface area contributed by atoms with Crippen molar-refractivity contribution in [3.63, 3.8) is 0 Å². The second-order valence-electron chi connectivity index (χ2n) is 7.24. The Bertz CT molecular complexity index is 618. The number of nitrogens with one attached hydrogen (secondary N) is 1. The van der Waals surface area contributed by atoms with Crippen LogP contribution in [0.3, 0.4) is 0 Å². The van der Waals surface area contributed by atoms with Gasteiger partial charge >= 0.3 is 12.0 Å². The van der Waals surface area contributed by atoms with Crippen molar-refractivity contribution in [2.75, 3.05) is 32.8 Å². The van der Waals surface area contributed by atoms with Crippen LogP contribution in [-0.2, 0) is 4.79 Å².